The van der Waals surface area contributed by atoms with Crippen LogP contribution in [0.5, 0.6) is 0 Å². The van der Waals surface area contributed by atoms with Crippen LogP contribution in [-0.4, -0.2) is 116 Å². The molecule has 57 heavy (non-hydrogen) atoms. The van der Waals surface area contributed by atoms with Crippen LogP contribution in [0.2, 0.25) is 0 Å². The molecule has 5 heterocycles. The number of aliphatic hydroxyl groups is 4. The lowest BCUT2D eigenvalue weighted by Crippen LogP contribution is -2.60. The highest BCUT2D eigenvalue weighted by Crippen LogP contribution is 2.46. The molecular weight excluding hydrogens is 736 g/mol. The Morgan fingerprint density at radius 2 is 1.79 bits per heavy atom. The van der Waals surface area contributed by atoms with Gasteiger partial charge in [0.15, 0.2) is 11.4 Å². The van der Waals surface area contributed by atoms with Crippen LogP contribution in [0.25, 0.3) is 0 Å². The number of aliphatic hydroxyl groups excluding tert-OH is 3. The first-order valence-electron chi connectivity index (χ1n) is 21.6. The van der Waals surface area contributed by atoms with E-state index in [-0.39, 0.29) is 42.5 Å². The molecule has 5 rings (SSSR count). The van der Waals surface area contributed by atoms with Crippen LogP contribution < -0.4 is 0 Å². The molecule has 0 saturated carbocycles. The van der Waals surface area contributed by atoms with Crippen molar-refractivity contribution in [2.75, 3.05) is 6.61 Å². The van der Waals surface area contributed by atoms with Crippen LogP contribution in [0.3, 0.4) is 0 Å². The van der Waals surface area contributed by atoms with Crippen LogP contribution in [0.15, 0.2) is 36.0 Å². The number of carboxylic acid groups (broad SMARTS) is 1. The second-order valence-corrected chi connectivity index (χ2v) is 18.1. The van der Waals surface area contributed by atoms with Gasteiger partial charge in [-0.05, 0) is 88.7 Å². The third kappa shape index (κ3) is 11.2. The minimum Gasteiger partial charge on any atom is -0.479 e. The molecule has 4 unspecified atom stereocenters. The number of ether oxygens (including phenoxy) is 5. The molecule has 0 radical (unpaired) electrons. The van der Waals surface area contributed by atoms with Crippen LogP contribution in [0.1, 0.15) is 132 Å². The van der Waals surface area contributed by atoms with E-state index in [0.29, 0.717) is 57.1 Å². The standard InChI is InChI=1S/C44H72O13/c1-9-11-21-51-57-38(28(5)12-10-2)29(6)23-33(45)39-30(7)37(47)40-34(52-39)18-20-43(56-40)19-17-31(53-43)14-13-27(4)35-22-26(3)24-44(55-35)36(46)16-15-32(54-44)25-42(8,50)41(48)49/h13-14,24,27-29,31-40,45-47,50H,7,9-12,15-23,25H2,1-6,8H3,(H,48,49)/b14-13+/t27-,28-,29+,31+,32+,33+,34?,35?,36-,37-,38?,39?,40-,42-,43-,44-/m1/s1. The first kappa shape index (κ1) is 46.3. The van der Waals surface area contributed by atoms with Gasteiger partial charge in [-0.1, -0.05) is 71.8 Å². The quantitative estimate of drug-likeness (QED) is 0.0467. The van der Waals surface area contributed by atoms with Crippen LogP contribution in [0, 0.1) is 17.8 Å². The normalized spacial score (nSPS) is 38.4. The third-order valence-electron chi connectivity index (χ3n) is 12.9. The monoisotopic (exact) mass is 808 g/mol. The fraction of sp³-hybridized carbons (Fsp3) is 0.841. The Hall–Kier alpha value is -1.75. The second kappa shape index (κ2) is 19.8. The van der Waals surface area contributed by atoms with E-state index in [4.69, 9.17) is 33.5 Å². The van der Waals surface area contributed by atoms with Gasteiger partial charge in [0.2, 0.25) is 5.79 Å². The highest BCUT2D eigenvalue weighted by atomic mass is 17.2. The molecule has 16 atom stereocenters. The Bertz CT molecular complexity index is 1400. The average Bonchev–Trinajstić information content (AvgIpc) is 3.55. The van der Waals surface area contributed by atoms with Gasteiger partial charge in [-0.3, -0.25) is 0 Å². The average molecular weight is 809 g/mol. The predicted octanol–water partition coefficient (Wildman–Crippen LogP) is 6.05. The van der Waals surface area contributed by atoms with Crippen molar-refractivity contribution >= 4 is 5.97 Å². The van der Waals surface area contributed by atoms with E-state index in [9.17, 15) is 30.3 Å². The minimum atomic E-state index is -1.96. The lowest BCUT2D eigenvalue weighted by atomic mass is 9.82. The highest BCUT2D eigenvalue weighted by Gasteiger charge is 2.54. The summed E-state index contributed by atoms with van der Waals surface area (Å²) in [5, 5.41) is 53.9. The Labute approximate surface area is 339 Å². The number of carboxylic acids is 1. The van der Waals surface area contributed by atoms with E-state index in [1.54, 1.807) is 6.08 Å². The fourth-order valence-corrected chi connectivity index (χ4v) is 9.42. The summed E-state index contributed by atoms with van der Waals surface area (Å²) in [5.74, 6) is -3.51. The number of aliphatic carboxylic acids is 1. The fourth-order valence-electron chi connectivity index (χ4n) is 9.42. The number of rotatable bonds is 18. The number of hydrogen-bond acceptors (Lipinski definition) is 12. The molecule has 4 fully saturated rings. The summed E-state index contributed by atoms with van der Waals surface area (Å²) < 4.78 is 32.3. The summed E-state index contributed by atoms with van der Waals surface area (Å²) in [6, 6.07) is 0. The van der Waals surface area contributed by atoms with Crippen molar-refractivity contribution in [3.63, 3.8) is 0 Å². The molecule has 13 heteroatoms. The molecule has 5 aliphatic rings. The maximum atomic E-state index is 11.6. The van der Waals surface area contributed by atoms with Crippen molar-refractivity contribution < 1.29 is 63.8 Å². The summed E-state index contributed by atoms with van der Waals surface area (Å²) in [7, 11) is 0. The van der Waals surface area contributed by atoms with Crippen molar-refractivity contribution in [2.45, 2.75) is 210 Å². The maximum absolute atomic E-state index is 11.6. The van der Waals surface area contributed by atoms with E-state index in [1.165, 1.54) is 6.92 Å². The molecule has 5 N–H and O–H groups in total. The van der Waals surface area contributed by atoms with Gasteiger partial charge < -0.3 is 49.2 Å². The molecule has 326 valence electrons. The molecule has 4 saturated heterocycles. The van der Waals surface area contributed by atoms with Crippen molar-refractivity contribution in [3.05, 3.63) is 36.0 Å². The lowest BCUT2D eigenvalue weighted by molar-refractivity contribution is -0.343. The van der Waals surface area contributed by atoms with E-state index in [2.05, 4.69) is 40.3 Å². The molecule has 0 amide bonds. The van der Waals surface area contributed by atoms with Gasteiger partial charge in [-0.15, -0.1) is 0 Å². The molecule has 5 aliphatic heterocycles. The lowest BCUT2D eigenvalue weighted by Gasteiger charge is -2.49. The van der Waals surface area contributed by atoms with Crippen molar-refractivity contribution in [3.8, 4) is 0 Å². The van der Waals surface area contributed by atoms with Crippen molar-refractivity contribution in [1.29, 1.82) is 0 Å². The SMILES string of the molecule is C=C1C([C@@H](O)C[C@H](C)C(OOCCCC)[C@H](C)CCC)OC2CC[C@@]3(CC[C@H](/C=C/[C@@H](C)C4CC(C)=C[C@]5(O4)O[C@H](C[C@@](C)(O)C(=O)O)CC[C@H]5O)O3)O[C@H]2[C@@H]1O. The molecule has 0 bridgehead atoms. The van der Waals surface area contributed by atoms with Crippen molar-refractivity contribution in [2.24, 2.45) is 17.8 Å². The topological polar surface area (TPSA) is 183 Å². The summed E-state index contributed by atoms with van der Waals surface area (Å²) in [4.78, 5) is 23.1. The number of fused-ring (bicyclic) bond motifs is 1. The smallest absolute Gasteiger partial charge is 0.335 e. The summed E-state index contributed by atoms with van der Waals surface area (Å²) >= 11 is 0. The number of carbonyl (C=O) groups is 1. The Morgan fingerprint density at radius 1 is 1.05 bits per heavy atom. The van der Waals surface area contributed by atoms with Crippen LogP contribution in [0.4, 0.5) is 0 Å². The maximum Gasteiger partial charge on any atom is 0.335 e. The molecule has 0 aromatic heterocycles. The molecule has 13 nitrogen and oxygen atoms in total. The van der Waals surface area contributed by atoms with E-state index in [1.807, 2.05) is 19.9 Å². The highest BCUT2D eigenvalue weighted by molar-refractivity contribution is 5.76. The van der Waals surface area contributed by atoms with E-state index < -0.39 is 65.9 Å². The van der Waals surface area contributed by atoms with Crippen LogP contribution in [-0.2, 0) is 38.3 Å². The van der Waals surface area contributed by atoms with E-state index >= 15 is 0 Å². The van der Waals surface area contributed by atoms with Gasteiger partial charge in [-0.25, -0.2) is 14.6 Å². The third-order valence-corrected chi connectivity index (χ3v) is 12.9. The van der Waals surface area contributed by atoms with Gasteiger partial charge in [0, 0.05) is 25.2 Å². The van der Waals surface area contributed by atoms with Crippen molar-refractivity contribution in [1.82, 2.24) is 0 Å². The van der Waals surface area contributed by atoms with Crippen LogP contribution >= 0.6 is 0 Å². The van der Waals surface area contributed by atoms with E-state index in [0.717, 1.165) is 37.7 Å². The zero-order valence-electron chi connectivity index (χ0n) is 35.3. The minimum absolute atomic E-state index is 0.0279. The molecule has 0 aromatic carbocycles. The molecular formula is C44H72O13. The molecule has 0 aliphatic carbocycles. The Morgan fingerprint density at radius 3 is 2.49 bits per heavy atom. The summed E-state index contributed by atoms with van der Waals surface area (Å²) in [6.45, 7) is 18.4. The summed E-state index contributed by atoms with van der Waals surface area (Å²) in [6.07, 6.45) is 7.93. The van der Waals surface area contributed by atoms with Gasteiger partial charge in [-0.2, -0.15) is 0 Å². The predicted molar refractivity (Wildman–Crippen MR) is 212 cm³/mol. The molecule has 0 aromatic rings. The number of unbranched alkanes of at least 4 members (excludes halogenated alkanes) is 1. The summed E-state index contributed by atoms with van der Waals surface area (Å²) in [5.41, 5.74) is -0.576. The zero-order chi connectivity index (χ0) is 41.7. The first-order chi connectivity index (χ1) is 26.9. The molecule has 2 spiro atoms. The largest absolute Gasteiger partial charge is 0.479 e. The van der Waals surface area contributed by atoms with Gasteiger partial charge in [0.1, 0.15) is 24.4 Å². The second-order valence-electron chi connectivity index (χ2n) is 18.1. The van der Waals surface area contributed by atoms with Gasteiger partial charge in [0.25, 0.3) is 0 Å². The zero-order valence-corrected chi connectivity index (χ0v) is 35.3. The Balaban J connectivity index is 1.15. The van der Waals surface area contributed by atoms with Gasteiger partial charge >= 0.3 is 5.97 Å². The first-order valence-corrected chi connectivity index (χ1v) is 21.6. The van der Waals surface area contributed by atoms with Gasteiger partial charge in [0.05, 0.1) is 43.2 Å². The Kier molecular flexibility index (Phi) is 16.1. The number of hydrogen-bond donors (Lipinski definition) is 5.